The third-order valence-corrected chi connectivity index (χ3v) is 9.08. The van der Waals surface area contributed by atoms with Crippen molar-refractivity contribution in [3.05, 3.63) is 11.6 Å². The number of carbonyl (C=O) groups excluding carboxylic acids is 1. The van der Waals surface area contributed by atoms with Crippen molar-refractivity contribution in [2.24, 2.45) is 29.1 Å². The predicted molar refractivity (Wildman–Crippen MR) is 127 cm³/mol. The van der Waals surface area contributed by atoms with E-state index in [1.54, 1.807) is 0 Å². The molecule has 0 radical (unpaired) electrons. The number of allylic oxidation sites excluding steroid dienone is 1. The van der Waals surface area contributed by atoms with Gasteiger partial charge in [0.2, 0.25) is 0 Å². The van der Waals surface area contributed by atoms with Crippen LogP contribution in [-0.4, -0.2) is 16.9 Å². The van der Waals surface area contributed by atoms with E-state index in [-0.39, 0.29) is 0 Å². The molecule has 5 unspecified atom stereocenters. The van der Waals surface area contributed by atoms with Crippen LogP contribution >= 0.6 is 0 Å². The molecule has 0 heterocycles. The normalized spacial score (nSPS) is 34.0. The summed E-state index contributed by atoms with van der Waals surface area (Å²) in [6.45, 7) is 4.76. The number of aliphatic carboxylic acids is 1. The highest BCUT2D eigenvalue weighted by Crippen LogP contribution is 2.61. The smallest absolute Gasteiger partial charge is 0.303 e. The molecular formula is C28H46O3. The number of carbonyl (C=O) groups is 2. The molecule has 4 aliphatic rings. The van der Waals surface area contributed by atoms with Crippen molar-refractivity contribution in [3.8, 4) is 0 Å². The number of carboxylic acid groups (broad SMARTS) is 1. The molecule has 3 fully saturated rings. The Morgan fingerprint density at radius 1 is 0.968 bits per heavy atom. The van der Waals surface area contributed by atoms with Gasteiger partial charge in [-0.1, -0.05) is 64.4 Å². The van der Waals surface area contributed by atoms with Crippen LogP contribution in [0.1, 0.15) is 123 Å². The molecule has 0 aliphatic heterocycles. The molecule has 0 aromatic heterocycles. The van der Waals surface area contributed by atoms with E-state index in [4.69, 9.17) is 5.11 Å². The molecule has 3 saturated carbocycles. The lowest BCUT2D eigenvalue weighted by Gasteiger charge is -2.52. The minimum Gasteiger partial charge on any atom is -0.481 e. The Balaban J connectivity index is 0.000000199. The van der Waals surface area contributed by atoms with Crippen LogP contribution < -0.4 is 0 Å². The number of hydrogen-bond acceptors (Lipinski definition) is 2. The Bertz CT molecular complexity index is 636. The maximum Gasteiger partial charge on any atom is 0.303 e. The lowest BCUT2D eigenvalue weighted by molar-refractivity contribution is -0.137. The van der Waals surface area contributed by atoms with Crippen molar-refractivity contribution < 1.29 is 14.7 Å². The summed E-state index contributed by atoms with van der Waals surface area (Å²) in [6, 6.07) is 0. The van der Waals surface area contributed by atoms with Gasteiger partial charge in [-0.25, -0.2) is 0 Å². The number of unbranched alkanes of at least 4 members (excludes halogenated alkanes) is 6. The number of hydrogen-bond donors (Lipinski definition) is 1. The molecule has 4 rings (SSSR count). The summed E-state index contributed by atoms with van der Waals surface area (Å²) in [5.41, 5.74) is 2.20. The first-order valence-electron chi connectivity index (χ1n) is 13.4. The van der Waals surface area contributed by atoms with E-state index in [2.05, 4.69) is 13.8 Å². The largest absolute Gasteiger partial charge is 0.481 e. The van der Waals surface area contributed by atoms with E-state index in [1.165, 1.54) is 82.6 Å². The van der Waals surface area contributed by atoms with E-state index in [0.717, 1.165) is 49.4 Å². The average molecular weight is 431 g/mol. The maximum atomic E-state index is 11.6. The second-order valence-electron chi connectivity index (χ2n) is 11.2. The van der Waals surface area contributed by atoms with Gasteiger partial charge in [-0.3, -0.25) is 9.59 Å². The molecule has 3 nitrogen and oxygen atoms in total. The topological polar surface area (TPSA) is 54.4 Å². The number of carboxylic acids is 1. The quantitative estimate of drug-likeness (QED) is 0.401. The summed E-state index contributed by atoms with van der Waals surface area (Å²) in [7, 11) is 0. The van der Waals surface area contributed by atoms with Crippen molar-refractivity contribution in [1.82, 2.24) is 0 Å². The summed E-state index contributed by atoms with van der Waals surface area (Å²) in [6.07, 6.45) is 22.6. The average Bonchev–Trinajstić information content (AvgIpc) is 3.15. The fourth-order valence-corrected chi connectivity index (χ4v) is 7.41. The Labute approximate surface area is 190 Å². The van der Waals surface area contributed by atoms with Crippen molar-refractivity contribution in [2.75, 3.05) is 0 Å². The summed E-state index contributed by atoms with van der Waals surface area (Å²) < 4.78 is 0. The minimum absolute atomic E-state index is 0.341. The van der Waals surface area contributed by atoms with Gasteiger partial charge >= 0.3 is 5.97 Å². The van der Waals surface area contributed by atoms with E-state index < -0.39 is 5.97 Å². The van der Waals surface area contributed by atoms with Gasteiger partial charge < -0.3 is 5.11 Å². The third kappa shape index (κ3) is 6.45. The molecular weight excluding hydrogens is 384 g/mol. The molecule has 1 N–H and O–H groups in total. The molecule has 0 amide bonds. The minimum atomic E-state index is -0.663. The summed E-state index contributed by atoms with van der Waals surface area (Å²) in [5, 5.41) is 8.35. The van der Waals surface area contributed by atoms with Gasteiger partial charge in [0.05, 0.1) is 0 Å². The standard InChI is InChI=1S/C18H26O.C10H20O2/c1-18-9-2-3-17(18)16-6-4-12-11-13(19)5-7-14(12)15(16)8-10-18;1-2-3-4-5-6-7-8-9-10(11)12/h11,14-17H,2-10H2,1H3;2-9H2,1H3,(H,11,12). The van der Waals surface area contributed by atoms with Gasteiger partial charge in [-0.05, 0) is 86.5 Å². The van der Waals surface area contributed by atoms with Crippen LogP contribution in [0.2, 0.25) is 0 Å². The molecule has 3 heteroatoms. The number of ketones is 1. The van der Waals surface area contributed by atoms with Crippen LogP contribution in [0.4, 0.5) is 0 Å². The zero-order valence-electron chi connectivity index (χ0n) is 20.2. The van der Waals surface area contributed by atoms with Gasteiger partial charge in [-0.15, -0.1) is 0 Å². The van der Waals surface area contributed by atoms with Crippen molar-refractivity contribution >= 4 is 11.8 Å². The van der Waals surface area contributed by atoms with Crippen LogP contribution in [0.5, 0.6) is 0 Å². The second-order valence-corrected chi connectivity index (χ2v) is 11.2. The summed E-state index contributed by atoms with van der Waals surface area (Å²) >= 11 is 0. The Morgan fingerprint density at radius 2 is 1.71 bits per heavy atom. The highest BCUT2D eigenvalue weighted by molar-refractivity contribution is 5.91. The zero-order valence-corrected chi connectivity index (χ0v) is 20.2. The van der Waals surface area contributed by atoms with Crippen LogP contribution in [0, 0.1) is 29.1 Å². The molecule has 0 saturated heterocycles. The van der Waals surface area contributed by atoms with Crippen LogP contribution in [0.15, 0.2) is 11.6 Å². The van der Waals surface area contributed by atoms with Crippen LogP contribution in [0.3, 0.4) is 0 Å². The van der Waals surface area contributed by atoms with Crippen LogP contribution in [0.25, 0.3) is 0 Å². The monoisotopic (exact) mass is 430 g/mol. The Hall–Kier alpha value is -1.12. The van der Waals surface area contributed by atoms with Crippen LogP contribution in [-0.2, 0) is 9.59 Å². The van der Waals surface area contributed by atoms with Crippen molar-refractivity contribution in [3.63, 3.8) is 0 Å². The zero-order chi connectivity index (χ0) is 22.3. The molecule has 4 aliphatic carbocycles. The predicted octanol–water partition coefficient (Wildman–Crippen LogP) is 7.73. The van der Waals surface area contributed by atoms with Gasteiger partial charge in [0.25, 0.3) is 0 Å². The number of fused-ring (bicyclic) bond motifs is 5. The molecule has 31 heavy (non-hydrogen) atoms. The van der Waals surface area contributed by atoms with E-state index in [9.17, 15) is 9.59 Å². The maximum absolute atomic E-state index is 11.6. The fourth-order valence-electron chi connectivity index (χ4n) is 7.41. The second kappa shape index (κ2) is 11.7. The first-order chi connectivity index (χ1) is 14.9. The number of rotatable bonds is 8. The first kappa shape index (κ1) is 24.5. The lowest BCUT2D eigenvalue weighted by Crippen LogP contribution is -2.44. The van der Waals surface area contributed by atoms with Crippen molar-refractivity contribution in [2.45, 2.75) is 123 Å². The molecule has 0 aromatic carbocycles. The van der Waals surface area contributed by atoms with E-state index in [1.807, 2.05) is 6.08 Å². The third-order valence-electron chi connectivity index (χ3n) is 9.08. The summed E-state index contributed by atoms with van der Waals surface area (Å²) in [5.74, 6) is 3.42. The first-order valence-corrected chi connectivity index (χ1v) is 13.4. The highest BCUT2D eigenvalue weighted by atomic mass is 16.4. The van der Waals surface area contributed by atoms with Crippen molar-refractivity contribution in [1.29, 1.82) is 0 Å². The lowest BCUT2D eigenvalue weighted by atomic mass is 9.52. The highest BCUT2D eigenvalue weighted by Gasteiger charge is 2.52. The van der Waals surface area contributed by atoms with Gasteiger partial charge in [-0.2, -0.15) is 0 Å². The SMILES string of the molecule is CC12CCCC1C1CCC3=CC(=O)CCC3C1CC2.CCCCCCCCCC(=O)O. The van der Waals surface area contributed by atoms with Gasteiger partial charge in [0, 0.05) is 12.8 Å². The van der Waals surface area contributed by atoms with Gasteiger partial charge in [0.15, 0.2) is 5.78 Å². The molecule has 5 atom stereocenters. The van der Waals surface area contributed by atoms with E-state index >= 15 is 0 Å². The van der Waals surface area contributed by atoms with Gasteiger partial charge in [0.1, 0.15) is 0 Å². The molecule has 0 bridgehead atoms. The summed E-state index contributed by atoms with van der Waals surface area (Å²) in [4.78, 5) is 21.8. The fraction of sp³-hybridized carbons (Fsp3) is 0.857. The molecule has 0 aromatic rings. The Kier molecular flexibility index (Phi) is 9.22. The Morgan fingerprint density at radius 3 is 2.45 bits per heavy atom. The molecule has 0 spiro atoms. The molecule has 176 valence electrons. The van der Waals surface area contributed by atoms with E-state index in [0.29, 0.717) is 17.6 Å².